The molecule has 0 amide bonds. The number of anilines is 1. The number of hydrogen-bond donors (Lipinski definition) is 0. The summed E-state index contributed by atoms with van der Waals surface area (Å²) in [5, 5.41) is 0. The van der Waals surface area contributed by atoms with E-state index >= 15 is 0 Å². The van der Waals surface area contributed by atoms with Crippen LogP contribution in [0.2, 0.25) is 0 Å². The van der Waals surface area contributed by atoms with Gasteiger partial charge in [-0.1, -0.05) is 12.1 Å². The molecule has 2 aromatic rings. The van der Waals surface area contributed by atoms with Gasteiger partial charge in [0, 0.05) is 38.7 Å². The molecular weight excluding hydrogens is 374 g/mol. The van der Waals surface area contributed by atoms with Crippen LogP contribution in [0.3, 0.4) is 0 Å². The lowest BCUT2D eigenvalue weighted by molar-refractivity contribution is -0.191. The van der Waals surface area contributed by atoms with Gasteiger partial charge in [0.1, 0.15) is 5.75 Å². The van der Waals surface area contributed by atoms with Gasteiger partial charge in [-0.15, -0.1) is 0 Å². The SMILES string of the molecule is CCN(CC)c1ccc(C2(OC(C)=O)OC(=O)c3ccccc32)c(OC(C)=O)c1. The first-order valence-electron chi connectivity index (χ1n) is 9.42. The van der Waals surface area contributed by atoms with Gasteiger partial charge >= 0.3 is 23.7 Å². The van der Waals surface area contributed by atoms with Crippen molar-refractivity contribution in [2.24, 2.45) is 0 Å². The molecule has 0 bridgehead atoms. The highest BCUT2D eigenvalue weighted by atomic mass is 16.7. The summed E-state index contributed by atoms with van der Waals surface area (Å²) in [6.45, 7) is 8.04. The van der Waals surface area contributed by atoms with Crippen LogP contribution >= 0.6 is 0 Å². The number of carbonyl (C=O) groups is 3. The molecule has 29 heavy (non-hydrogen) atoms. The molecule has 0 aromatic heterocycles. The minimum absolute atomic E-state index is 0.160. The molecule has 7 nitrogen and oxygen atoms in total. The topological polar surface area (TPSA) is 82.1 Å². The molecule has 1 atom stereocenters. The second-order valence-corrected chi connectivity index (χ2v) is 6.59. The third-order valence-corrected chi connectivity index (χ3v) is 4.73. The van der Waals surface area contributed by atoms with Crippen molar-refractivity contribution in [2.75, 3.05) is 18.0 Å². The lowest BCUT2D eigenvalue weighted by Crippen LogP contribution is -2.34. The number of ether oxygens (including phenoxy) is 3. The normalized spacial score (nSPS) is 17.3. The van der Waals surface area contributed by atoms with Crippen LogP contribution in [0, 0.1) is 0 Å². The van der Waals surface area contributed by atoms with Crippen LogP contribution in [0.1, 0.15) is 49.2 Å². The number of esters is 3. The van der Waals surface area contributed by atoms with Gasteiger partial charge in [0.2, 0.25) is 0 Å². The van der Waals surface area contributed by atoms with Gasteiger partial charge in [0.05, 0.1) is 16.7 Å². The van der Waals surface area contributed by atoms with Gasteiger partial charge in [-0.2, -0.15) is 0 Å². The maximum atomic E-state index is 12.5. The molecule has 1 aliphatic rings. The van der Waals surface area contributed by atoms with Crippen LogP contribution in [0.4, 0.5) is 5.69 Å². The number of benzene rings is 2. The van der Waals surface area contributed by atoms with Crippen molar-refractivity contribution in [3.05, 3.63) is 59.2 Å². The van der Waals surface area contributed by atoms with Crippen LogP contribution in [-0.4, -0.2) is 31.0 Å². The summed E-state index contributed by atoms with van der Waals surface area (Å²) < 4.78 is 16.6. The Hall–Kier alpha value is -3.35. The molecule has 2 aromatic carbocycles. The zero-order chi connectivity index (χ0) is 21.2. The van der Waals surface area contributed by atoms with Crippen LogP contribution < -0.4 is 9.64 Å². The van der Waals surface area contributed by atoms with Crippen molar-refractivity contribution in [3.8, 4) is 5.75 Å². The monoisotopic (exact) mass is 397 g/mol. The van der Waals surface area contributed by atoms with Gasteiger partial charge in [-0.25, -0.2) is 4.79 Å². The van der Waals surface area contributed by atoms with E-state index in [-0.39, 0.29) is 16.9 Å². The number of hydrogen-bond acceptors (Lipinski definition) is 7. The lowest BCUT2D eigenvalue weighted by atomic mass is 9.94. The molecule has 0 spiro atoms. The fourth-order valence-electron chi connectivity index (χ4n) is 3.53. The minimum Gasteiger partial charge on any atom is -0.426 e. The zero-order valence-corrected chi connectivity index (χ0v) is 16.9. The van der Waals surface area contributed by atoms with E-state index in [4.69, 9.17) is 14.2 Å². The Morgan fingerprint density at radius 1 is 1.00 bits per heavy atom. The van der Waals surface area contributed by atoms with E-state index in [9.17, 15) is 14.4 Å². The van der Waals surface area contributed by atoms with Gasteiger partial charge < -0.3 is 19.1 Å². The standard InChI is InChI=1S/C22H23NO6/c1-5-23(6-2)16-11-12-19(20(13-16)27-14(3)24)22(28-15(4)25)18-10-8-7-9-17(18)21(26)29-22/h7-13H,5-6H2,1-4H3. The fraction of sp³-hybridized carbons (Fsp3) is 0.318. The quantitative estimate of drug-likeness (QED) is 0.546. The molecule has 1 heterocycles. The predicted molar refractivity (Wildman–Crippen MR) is 106 cm³/mol. The number of nitrogens with zero attached hydrogens (tertiary/aromatic N) is 1. The third kappa shape index (κ3) is 3.68. The summed E-state index contributed by atoms with van der Waals surface area (Å²) in [6.07, 6.45) is 0. The molecule has 0 saturated heterocycles. The Kier molecular flexibility index (Phi) is 5.59. The first-order valence-corrected chi connectivity index (χ1v) is 9.42. The number of fused-ring (bicyclic) bond motifs is 1. The summed E-state index contributed by atoms with van der Waals surface area (Å²) in [6, 6.07) is 11.8. The molecule has 0 fully saturated rings. The van der Waals surface area contributed by atoms with Crippen LogP contribution in [0.5, 0.6) is 5.75 Å². The molecule has 0 saturated carbocycles. The van der Waals surface area contributed by atoms with E-state index in [1.54, 1.807) is 36.4 Å². The van der Waals surface area contributed by atoms with E-state index in [0.29, 0.717) is 5.56 Å². The van der Waals surface area contributed by atoms with Crippen LogP contribution in [-0.2, 0) is 24.8 Å². The minimum atomic E-state index is -1.83. The predicted octanol–water partition coefficient (Wildman–Crippen LogP) is 3.39. The number of carbonyl (C=O) groups excluding carboxylic acids is 3. The number of rotatable bonds is 6. The Balaban J connectivity index is 2.25. The zero-order valence-electron chi connectivity index (χ0n) is 16.9. The average molecular weight is 397 g/mol. The van der Waals surface area contributed by atoms with Crippen molar-refractivity contribution in [3.63, 3.8) is 0 Å². The smallest absolute Gasteiger partial charge is 0.342 e. The molecule has 152 valence electrons. The van der Waals surface area contributed by atoms with Crippen LogP contribution in [0.15, 0.2) is 42.5 Å². The Morgan fingerprint density at radius 2 is 1.69 bits per heavy atom. The lowest BCUT2D eigenvalue weighted by Gasteiger charge is -2.30. The average Bonchev–Trinajstić information content (AvgIpc) is 2.95. The highest BCUT2D eigenvalue weighted by Crippen LogP contribution is 2.47. The summed E-state index contributed by atoms with van der Waals surface area (Å²) in [5.41, 5.74) is 1.75. The molecular formula is C22H23NO6. The fourth-order valence-corrected chi connectivity index (χ4v) is 3.53. The Morgan fingerprint density at radius 3 is 2.31 bits per heavy atom. The molecule has 1 aliphatic heterocycles. The van der Waals surface area contributed by atoms with Crippen molar-refractivity contribution in [2.45, 2.75) is 33.5 Å². The molecule has 1 unspecified atom stereocenters. The van der Waals surface area contributed by atoms with Gasteiger partial charge in [-0.3, -0.25) is 9.59 Å². The second-order valence-electron chi connectivity index (χ2n) is 6.59. The van der Waals surface area contributed by atoms with Gasteiger partial charge in [0.15, 0.2) is 0 Å². The van der Waals surface area contributed by atoms with Crippen molar-refractivity contribution in [1.29, 1.82) is 0 Å². The first kappa shape index (κ1) is 20.4. The summed E-state index contributed by atoms with van der Waals surface area (Å²) in [4.78, 5) is 38.3. The number of cyclic esters (lactones) is 1. The molecule has 7 heteroatoms. The van der Waals surface area contributed by atoms with E-state index in [2.05, 4.69) is 4.90 Å². The van der Waals surface area contributed by atoms with Crippen molar-refractivity contribution >= 4 is 23.6 Å². The van der Waals surface area contributed by atoms with E-state index in [0.717, 1.165) is 18.8 Å². The molecule has 0 N–H and O–H groups in total. The first-order chi connectivity index (χ1) is 13.8. The van der Waals surface area contributed by atoms with E-state index < -0.39 is 23.7 Å². The second kappa shape index (κ2) is 7.95. The molecule has 3 rings (SSSR count). The van der Waals surface area contributed by atoms with E-state index in [1.165, 1.54) is 13.8 Å². The molecule has 0 aliphatic carbocycles. The van der Waals surface area contributed by atoms with Gasteiger partial charge in [-0.05, 0) is 38.1 Å². The largest absolute Gasteiger partial charge is 0.426 e. The van der Waals surface area contributed by atoms with Gasteiger partial charge in [0.25, 0.3) is 0 Å². The highest BCUT2D eigenvalue weighted by molar-refractivity contribution is 5.95. The highest BCUT2D eigenvalue weighted by Gasteiger charge is 2.52. The summed E-state index contributed by atoms with van der Waals surface area (Å²) in [7, 11) is 0. The summed E-state index contributed by atoms with van der Waals surface area (Å²) in [5.74, 6) is -3.47. The molecule has 0 radical (unpaired) electrons. The van der Waals surface area contributed by atoms with Crippen LogP contribution in [0.25, 0.3) is 0 Å². The van der Waals surface area contributed by atoms with Crippen molar-refractivity contribution in [1.82, 2.24) is 0 Å². The van der Waals surface area contributed by atoms with E-state index in [1.807, 2.05) is 19.9 Å². The third-order valence-electron chi connectivity index (χ3n) is 4.73. The maximum Gasteiger partial charge on any atom is 0.342 e. The summed E-state index contributed by atoms with van der Waals surface area (Å²) >= 11 is 0. The van der Waals surface area contributed by atoms with Crippen molar-refractivity contribution < 1.29 is 28.6 Å². The Labute approximate surface area is 169 Å². The Bertz CT molecular complexity index is 962. The maximum absolute atomic E-state index is 12.5.